The minimum atomic E-state index is -0.618. The Labute approximate surface area is 163 Å². The summed E-state index contributed by atoms with van der Waals surface area (Å²) < 4.78 is 28.1. The fourth-order valence-electron chi connectivity index (χ4n) is 3.10. The van der Waals surface area contributed by atoms with Gasteiger partial charge in [-0.2, -0.15) is 0 Å². The molecule has 1 saturated heterocycles. The molecule has 3 aromatic rings. The number of rotatable bonds is 4. The first-order chi connectivity index (χ1) is 14.0. The van der Waals surface area contributed by atoms with E-state index in [0.717, 1.165) is 0 Å². The highest BCUT2D eigenvalue weighted by Crippen LogP contribution is 2.29. The van der Waals surface area contributed by atoms with E-state index in [0.29, 0.717) is 18.7 Å². The first kappa shape index (κ1) is 18.7. The van der Waals surface area contributed by atoms with Crippen molar-refractivity contribution >= 4 is 11.7 Å². The van der Waals surface area contributed by atoms with Crippen LogP contribution in [0.2, 0.25) is 0 Å². The molecule has 0 saturated carbocycles. The van der Waals surface area contributed by atoms with Gasteiger partial charge in [0.2, 0.25) is 0 Å². The van der Waals surface area contributed by atoms with Gasteiger partial charge in [-0.05, 0) is 24.3 Å². The topological polar surface area (TPSA) is 95.1 Å². The van der Waals surface area contributed by atoms with Crippen molar-refractivity contribution in [2.75, 3.05) is 25.0 Å². The van der Waals surface area contributed by atoms with Gasteiger partial charge in [0, 0.05) is 38.1 Å². The monoisotopic (exact) mass is 398 g/mol. The third-order valence-corrected chi connectivity index (χ3v) is 4.83. The van der Waals surface area contributed by atoms with Crippen LogP contribution in [-0.4, -0.2) is 56.9 Å². The second kappa shape index (κ2) is 7.38. The highest BCUT2D eigenvalue weighted by molar-refractivity contribution is 5.92. The zero-order valence-electron chi connectivity index (χ0n) is 15.3. The maximum Gasteiger partial charge on any atom is 0.279 e. The van der Waals surface area contributed by atoms with Gasteiger partial charge >= 0.3 is 0 Å². The Bertz CT molecular complexity index is 1110. The third kappa shape index (κ3) is 3.44. The molecule has 3 heterocycles. The van der Waals surface area contributed by atoms with Gasteiger partial charge in [-0.1, -0.05) is 0 Å². The summed E-state index contributed by atoms with van der Waals surface area (Å²) in [6, 6.07) is 5.12. The number of aromatic nitrogens is 4. The molecule has 8 nitrogen and oxygen atoms in total. The smallest absolute Gasteiger partial charge is 0.279 e. The van der Waals surface area contributed by atoms with Crippen LogP contribution in [0.15, 0.2) is 47.8 Å². The fraction of sp³-hybridized carbons (Fsp3) is 0.211. The van der Waals surface area contributed by atoms with Crippen molar-refractivity contribution in [2.45, 2.75) is 6.04 Å². The standard InChI is InChI=1S/C19H16F2N6O2/c1-26(19(29)16-18(28)23-7-6-22-16)13-8-27(9-13)17-14(21)15(24-10-25-17)11-2-4-12(20)5-3-11/h2-7,10,13H,8-9H2,1H3,(H,23,28). The van der Waals surface area contributed by atoms with Crippen molar-refractivity contribution in [1.29, 1.82) is 0 Å². The average Bonchev–Trinajstić information content (AvgIpc) is 2.68. The molecule has 29 heavy (non-hydrogen) atoms. The van der Waals surface area contributed by atoms with Gasteiger partial charge in [-0.25, -0.2) is 23.7 Å². The van der Waals surface area contributed by atoms with E-state index < -0.39 is 23.1 Å². The molecule has 0 aliphatic carbocycles. The van der Waals surface area contributed by atoms with E-state index in [9.17, 15) is 18.4 Å². The number of halogens is 2. The van der Waals surface area contributed by atoms with Crippen molar-refractivity contribution in [2.24, 2.45) is 0 Å². The van der Waals surface area contributed by atoms with E-state index in [1.807, 2.05) is 0 Å². The van der Waals surface area contributed by atoms with Gasteiger partial charge in [0.15, 0.2) is 17.3 Å². The number of anilines is 1. The summed E-state index contributed by atoms with van der Waals surface area (Å²) in [7, 11) is 1.57. The highest BCUT2D eigenvalue weighted by Gasteiger charge is 2.36. The van der Waals surface area contributed by atoms with Crippen LogP contribution in [0.1, 0.15) is 10.5 Å². The van der Waals surface area contributed by atoms with Gasteiger partial charge in [0.25, 0.3) is 11.5 Å². The van der Waals surface area contributed by atoms with Gasteiger partial charge in [0.05, 0.1) is 6.04 Å². The number of H-pyrrole nitrogens is 1. The molecular weight excluding hydrogens is 382 g/mol. The lowest BCUT2D eigenvalue weighted by molar-refractivity contribution is 0.0696. The van der Waals surface area contributed by atoms with Crippen molar-refractivity contribution in [1.82, 2.24) is 24.8 Å². The molecule has 1 aliphatic rings. The summed E-state index contributed by atoms with van der Waals surface area (Å²) >= 11 is 0. The summed E-state index contributed by atoms with van der Waals surface area (Å²) in [6.45, 7) is 0.674. The Morgan fingerprint density at radius 3 is 2.59 bits per heavy atom. The number of likely N-dealkylation sites (N-methyl/N-ethyl adjacent to an activating group) is 1. The quantitative estimate of drug-likeness (QED) is 0.715. The SMILES string of the molecule is CN(C(=O)c1ncc[nH]c1=O)C1CN(c2ncnc(-c3ccc(F)cc3)c2F)C1. The van der Waals surface area contributed by atoms with E-state index in [1.165, 1.54) is 47.9 Å². The number of amides is 1. The molecule has 0 spiro atoms. The molecule has 0 unspecified atom stereocenters. The molecule has 148 valence electrons. The van der Waals surface area contributed by atoms with E-state index in [-0.39, 0.29) is 23.2 Å². The molecule has 2 aromatic heterocycles. The summed E-state index contributed by atoms with van der Waals surface area (Å²) in [5, 5.41) is 0. The lowest BCUT2D eigenvalue weighted by Gasteiger charge is -2.44. The minimum absolute atomic E-state index is 0.0721. The Kier molecular flexibility index (Phi) is 4.75. The second-order valence-corrected chi connectivity index (χ2v) is 6.61. The molecule has 10 heteroatoms. The van der Waals surface area contributed by atoms with Crippen LogP contribution >= 0.6 is 0 Å². The van der Waals surface area contributed by atoms with Crippen molar-refractivity contribution in [3.05, 3.63) is 70.7 Å². The first-order valence-corrected chi connectivity index (χ1v) is 8.78. The molecule has 1 aliphatic heterocycles. The highest BCUT2D eigenvalue weighted by atomic mass is 19.1. The van der Waals surface area contributed by atoms with E-state index >= 15 is 0 Å². The third-order valence-electron chi connectivity index (χ3n) is 4.83. The Hall–Kier alpha value is -3.69. The molecule has 1 amide bonds. The predicted octanol–water partition coefficient (Wildman–Crippen LogP) is 1.47. The number of hydrogen-bond acceptors (Lipinski definition) is 6. The molecule has 1 aromatic carbocycles. The van der Waals surface area contributed by atoms with E-state index in [4.69, 9.17) is 0 Å². The molecule has 1 N–H and O–H groups in total. The normalized spacial score (nSPS) is 13.8. The lowest BCUT2D eigenvalue weighted by atomic mass is 10.1. The van der Waals surface area contributed by atoms with Gasteiger partial charge in [-0.3, -0.25) is 9.59 Å². The average molecular weight is 398 g/mol. The van der Waals surface area contributed by atoms with Gasteiger partial charge in [0.1, 0.15) is 17.8 Å². The summed E-state index contributed by atoms with van der Waals surface area (Å²) in [4.78, 5) is 41.5. The van der Waals surface area contributed by atoms with Gasteiger partial charge in [-0.15, -0.1) is 0 Å². The largest absolute Gasteiger partial charge is 0.350 e. The number of benzene rings is 1. The van der Waals surface area contributed by atoms with Crippen LogP contribution in [0.4, 0.5) is 14.6 Å². The van der Waals surface area contributed by atoms with Crippen LogP contribution in [0, 0.1) is 11.6 Å². The summed E-state index contributed by atoms with van der Waals surface area (Å²) in [6.07, 6.45) is 3.93. The zero-order valence-corrected chi connectivity index (χ0v) is 15.3. The van der Waals surface area contributed by atoms with E-state index in [2.05, 4.69) is 19.9 Å². The van der Waals surface area contributed by atoms with Crippen LogP contribution in [0.3, 0.4) is 0 Å². The second-order valence-electron chi connectivity index (χ2n) is 6.61. The van der Waals surface area contributed by atoms with Crippen molar-refractivity contribution in [3.63, 3.8) is 0 Å². The van der Waals surface area contributed by atoms with Crippen LogP contribution < -0.4 is 10.5 Å². The van der Waals surface area contributed by atoms with Crippen LogP contribution in [0.25, 0.3) is 11.3 Å². The Balaban J connectivity index is 1.49. The lowest BCUT2D eigenvalue weighted by Crippen LogP contribution is -2.60. The zero-order chi connectivity index (χ0) is 20.5. The fourth-order valence-corrected chi connectivity index (χ4v) is 3.10. The van der Waals surface area contributed by atoms with Crippen LogP contribution in [-0.2, 0) is 0 Å². The minimum Gasteiger partial charge on any atom is -0.350 e. The van der Waals surface area contributed by atoms with Crippen molar-refractivity contribution < 1.29 is 13.6 Å². The molecule has 4 rings (SSSR count). The first-order valence-electron chi connectivity index (χ1n) is 8.78. The summed E-state index contributed by atoms with van der Waals surface area (Å²) in [5.74, 6) is -1.44. The van der Waals surface area contributed by atoms with E-state index in [1.54, 1.807) is 11.9 Å². The maximum atomic E-state index is 14.9. The predicted molar refractivity (Wildman–Crippen MR) is 100 cm³/mol. The maximum absolute atomic E-state index is 14.9. The summed E-state index contributed by atoms with van der Waals surface area (Å²) in [5.41, 5.74) is -0.249. The Morgan fingerprint density at radius 1 is 1.17 bits per heavy atom. The molecule has 0 radical (unpaired) electrons. The number of aromatic amines is 1. The molecule has 0 bridgehead atoms. The number of nitrogens with zero attached hydrogens (tertiary/aromatic N) is 5. The number of carbonyl (C=O) groups excluding carboxylic acids is 1. The Morgan fingerprint density at radius 2 is 1.90 bits per heavy atom. The van der Waals surface area contributed by atoms with Crippen molar-refractivity contribution in [3.8, 4) is 11.3 Å². The number of hydrogen-bond donors (Lipinski definition) is 1. The number of nitrogens with one attached hydrogen (secondary N) is 1. The van der Waals surface area contributed by atoms with Gasteiger partial charge < -0.3 is 14.8 Å². The molecule has 0 atom stereocenters. The molecule has 1 fully saturated rings. The van der Waals surface area contributed by atoms with Crippen LogP contribution in [0.5, 0.6) is 0 Å². The number of carbonyl (C=O) groups is 1. The molecular formula is C19H16F2N6O2.